The first kappa shape index (κ1) is 17.8. The van der Waals surface area contributed by atoms with Gasteiger partial charge in [0.1, 0.15) is 12.1 Å². The number of hydrogen-bond acceptors (Lipinski definition) is 4. The van der Waals surface area contributed by atoms with Gasteiger partial charge < -0.3 is 14.8 Å². The summed E-state index contributed by atoms with van der Waals surface area (Å²) in [6.07, 6.45) is 4.18. The van der Waals surface area contributed by atoms with Crippen molar-refractivity contribution in [3.05, 3.63) is 35.9 Å². The number of nitrogens with one attached hydrogen (secondary N) is 1. The highest BCUT2D eigenvalue weighted by molar-refractivity contribution is 5.81. The zero-order valence-corrected chi connectivity index (χ0v) is 15.0. The molecule has 0 bridgehead atoms. The molecule has 2 aliphatic carbocycles. The largest absolute Gasteiger partial charge is 0.461 e. The summed E-state index contributed by atoms with van der Waals surface area (Å²) in [6, 6.07) is 8.90. The second-order valence-corrected chi connectivity index (χ2v) is 7.42. The highest BCUT2D eigenvalue weighted by Crippen LogP contribution is 2.58. The lowest BCUT2D eigenvalue weighted by Gasteiger charge is -2.43. The van der Waals surface area contributed by atoms with E-state index in [-0.39, 0.29) is 18.7 Å². The van der Waals surface area contributed by atoms with E-state index in [1.54, 1.807) is 6.92 Å². The summed E-state index contributed by atoms with van der Waals surface area (Å²) < 4.78 is 10.8. The van der Waals surface area contributed by atoms with Gasteiger partial charge in [-0.1, -0.05) is 37.3 Å². The summed E-state index contributed by atoms with van der Waals surface area (Å²) in [7, 11) is 0. The number of fused-ring (bicyclic) bond motifs is 1. The van der Waals surface area contributed by atoms with E-state index in [1.165, 1.54) is 6.42 Å². The third-order valence-electron chi connectivity index (χ3n) is 5.77. The normalized spacial score (nSPS) is 28.4. The second-order valence-electron chi connectivity index (χ2n) is 7.42. The average molecular weight is 345 g/mol. The van der Waals surface area contributed by atoms with Gasteiger partial charge in [0.2, 0.25) is 0 Å². The number of benzene rings is 1. The zero-order valence-electron chi connectivity index (χ0n) is 15.0. The number of rotatable bonds is 6. The molecule has 5 nitrogen and oxygen atoms in total. The molecule has 136 valence electrons. The van der Waals surface area contributed by atoms with Crippen LogP contribution in [0.25, 0.3) is 0 Å². The Bertz CT molecular complexity index is 617. The lowest BCUT2D eigenvalue weighted by atomic mass is 9.63. The molecule has 2 aliphatic rings. The standard InChI is InChI=1S/C20H27NO4/c1-3-24-19(23)21-16(13-14-7-5-4-6-8-14)18(22)25-17-10-12-20(2)11-9-15(17)20/h4-8,15-17H,3,9-13H2,1-2H3,(H,21,23)/t15-,16+,17+,20+/m1/s1. The van der Waals surface area contributed by atoms with Crippen LogP contribution in [0.4, 0.5) is 4.79 Å². The van der Waals surface area contributed by atoms with Gasteiger partial charge in [-0.3, -0.25) is 0 Å². The van der Waals surface area contributed by atoms with Gasteiger partial charge in [0.25, 0.3) is 0 Å². The van der Waals surface area contributed by atoms with Gasteiger partial charge in [0.05, 0.1) is 6.61 Å². The topological polar surface area (TPSA) is 64.6 Å². The first-order valence-electron chi connectivity index (χ1n) is 9.19. The van der Waals surface area contributed by atoms with Crippen LogP contribution in [-0.2, 0) is 20.7 Å². The maximum absolute atomic E-state index is 12.7. The van der Waals surface area contributed by atoms with E-state index in [2.05, 4.69) is 12.2 Å². The van der Waals surface area contributed by atoms with Gasteiger partial charge in [-0.15, -0.1) is 0 Å². The molecule has 1 aromatic rings. The quantitative estimate of drug-likeness (QED) is 0.802. The molecule has 1 amide bonds. The van der Waals surface area contributed by atoms with Crippen molar-refractivity contribution < 1.29 is 19.1 Å². The minimum absolute atomic E-state index is 0.0199. The van der Waals surface area contributed by atoms with Gasteiger partial charge in [0, 0.05) is 12.3 Å². The number of carbonyl (C=O) groups excluding carboxylic acids is 2. The Balaban J connectivity index is 1.65. The molecule has 4 atom stereocenters. The van der Waals surface area contributed by atoms with Crippen LogP contribution in [-0.4, -0.2) is 30.8 Å². The van der Waals surface area contributed by atoms with Gasteiger partial charge in [-0.25, -0.2) is 9.59 Å². The first-order chi connectivity index (χ1) is 12.0. The van der Waals surface area contributed by atoms with Crippen LogP contribution in [0.5, 0.6) is 0 Å². The predicted molar refractivity (Wildman–Crippen MR) is 94.0 cm³/mol. The predicted octanol–water partition coefficient (Wildman–Crippen LogP) is 3.47. The Labute approximate surface area is 149 Å². The van der Waals surface area contributed by atoms with Crippen LogP contribution < -0.4 is 5.32 Å². The van der Waals surface area contributed by atoms with Crippen LogP contribution in [0.1, 0.15) is 45.1 Å². The summed E-state index contributed by atoms with van der Waals surface area (Å²) in [5.41, 5.74) is 1.31. The van der Waals surface area contributed by atoms with E-state index >= 15 is 0 Å². The van der Waals surface area contributed by atoms with Crippen molar-refractivity contribution in [3.8, 4) is 0 Å². The van der Waals surface area contributed by atoms with Crippen molar-refractivity contribution in [1.29, 1.82) is 0 Å². The Morgan fingerprint density at radius 3 is 2.56 bits per heavy atom. The highest BCUT2D eigenvalue weighted by atomic mass is 16.6. The molecule has 3 rings (SSSR count). The number of esters is 1. The van der Waals surface area contributed by atoms with Gasteiger partial charge >= 0.3 is 12.1 Å². The molecule has 0 heterocycles. The molecule has 1 N–H and O–H groups in total. The van der Waals surface area contributed by atoms with E-state index in [4.69, 9.17) is 9.47 Å². The van der Waals surface area contributed by atoms with Crippen molar-refractivity contribution in [2.75, 3.05) is 6.61 Å². The fourth-order valence-corrected chi connectivity index (χ4v) is 4.15. The minimum Gasteiger partial charge on any atom is -0.461 e. The minimum atomic E-state index is -0.728. The summed E-state index contributed by atoms with van der Waals surface area (Å²) in [4.78, 5) is 24.6. The molecule has 0 aromatic heterocycles. The molecule has 1 aromatic carbocycles. The maximum atomic E-state index is 12.7. The fourth-order valence-electron chi connectivity index (χ4n) is 4.15. The Hall–Kier alpha value is -2.04. The van der Waals surface area contributed by atoms with Crippen molar-refractivity contribution in [2.45, 2.75) is 58.1 Å². The van der Waals surface area contributed by atoms with Crippen LogP contribution >= 0.6 is 0 Å². The lowest BCUT2D eigenvalue weighted by molar-refractivity contribution is -0.156. The molecular formula is C20H27NO4. The first-order valence-corrected chi connectivity index (χ1v) is 9.19. The van der Waals surface area contributed by atoms with E-state index in [0.717, 1.165) is 24.8 Å². The van der Waals surface area contributed by atoms with E-state index in [1.807, 2.05) is 30.3 Å². The Morgan fingerprint density at radius 2 is 1.96 bits per heavy atom. The molecule has 5 heteroatoms. The number of alkyl carbamates (subject to hydrolysis) is 1. The molecule has 0 aliphatic heterocycles. The van der Waals surface area contributed by atoms with Crippen molar-refractivity contribution in [3.63, 3.8) is 0 Å². The molecule has 0 saturated heterocycles. The summed E-state index contributed by atoms with van der Waals surface area (Å²) in [5.74, 6) is 0.106. The third kappa shape index (κ3) is 3.97. The number of ether oxygens (including phenoxy) is 2. The summed E-state index contributed by atoms with van der Waals surface area (Å²) in [6.45, 7) is 4.29. The molecule has 25 heavy (non-hydrogen) atoms. The van der Waals surface area contributed by atoms with Gasteiger partial charge in [0.15, 0.2) is 0 Å². The van der Waals surface area contributed by atoms with E-state index in [0.29, 0.717) is 17.8 Å². The smallest absolute Gasteiger partial charge is 0.407 e. The summed E-state index contributed by atoms with van der Waals surface area (Å²) in [5, 5.41) is 2.66. The Morgan fingerprint density at radius 1 is 1.24 bits per heavy atom. The van der Waals surface area contributed by atoms with Crippen LogP contribution in [0.3, 0.4) is 0 Å². The number of amides is 1. The van der Waals surface area contributed by atoms with Crippen LogP contribution in [0, 0.1) is 11.3 Å². The molecule has 2 fully saturated rings. The second kappa shape index (κ2) is 7.46. The van der Waals surface area contributed by atoms with Crippen LogP contribution in [0.15, 0.2) is 30.3 Å². The van der Waals surface area contributed by atoms with Gasteiger partial charge in [-0.2, -0.15) is 0 Å². The molecule has 0 spiro atoms. The van der Waals surface area contributed by atoms with Crippen molar-refractivity contribution in [2.24, 2.45) is 11.3 Å². The van der Waals surface area contributed by atoms with Gasteiger partial charge in [-0.05, 0) is 43.6 Å². The fraction of sp³-hybridized carbons (Fsp3) is 0.600. The monoisotopic (exact) mass is 345 g/mol. The molecule has 2 saturated carbocycles. The summed E-state index contributed by atoms with van der Waals surface area (Å²) >= 11 is 0. The molecule has 0 unspecified atom stereocenters. The molecular weight excluding hydrogens is 318 g/mol. The molecule has 0 radical (unpaired) electrons. The number of hydrogen-bond donors (Lipinski definition) is 1. The zero-order chi connectivity index (χ0) is 17.9. The average Bonchev–Trinajstić information content (AvgIpc) is 2.79. The highest BCUT2D eigenvalue weighted by Gasteiger charge is 2.53. The third-order valence-corrected chi connectivity index (χ3v) is 5.77. The van der Waals surface area contributed by atoms with E-state index < -0.39 is 12.1 Å². The number of carbonyl (C=O) groups is 2. The van der Waals surface area contributed by atoms with Crippen molar-refractivity contribution in [1.82, 2.24) is 5.32 Å². The maximum Gasteiger partial charge on any atom is 0.407 e. The lowest BCUT2D eigenvalue weighted by Crippen LogP contribution is -2.46. The Kier molecular flexibility index (Phi) is 5.30. The van der Waals surface area contributed by atoms with Crippen LogP contribution in [0.2, 0.25) is 0 Å². The SMILES string of the molecule is CCOC(=O)N[C@@H](Cc1ccccc1)C(=O)O[C@H]1CC[C@]2(C)CC[C@H]12. The van der Waals surface area contributed by atoms with E-state index in [9.17, 15) is 9.59 Å². The van der Waals surface area contributed by atoms with Crippen molar-refractivity contribution >= 4 is 12.1 Å².